The van der Waals surface area contributed by atoms with Gasteiger partial charge >= 0.3 is 0 Å². The van der Waals surface area contributed by atoms with E-state index in [4.69, 9.17) is 11.0 Å². The lowest BCUT2D eigenvalue weighted by Gasteiger charge is -2.00. The molecule has 0 atom stereocenters. The molecule has 76 valence electrons. The second-order valence-corrected chi connectivity index (χ2v) is 3.00. The van der Waals surface area contributed by atoms with E-state index in [1.807, 2.05) is 0 Å². The molecule has 4 nitrogen and oxygen atoms in total. The van der Waals surface area contributed by atoms with E-state index in [2.05, 4.69) is 22.7 Å². The van der Waals surface area contributed by atoms with Gasteiger partial charge < -0.3 is 5.73 Å². The van der Waals surface area contributed by atoms with Crippen LogP contribution in [0.1, 0.15) is 0 Å². The van der Waals surface area contributed by atoms with Crippen LogP contribution in [0.25, 0.3) is 0 Å². The van der Waals surface area contributed by atoms with Crippen LogP contribution in [0.3, 0.4) is 0 Å². The van der Waals surface area contributed by atoms with E-state index in [9.17, 15) is 4.39 Å². The number of nitrogens with two attached hydrogens (primary N) is 1. The number of hydrogen-bond donors (Lipinski definition) is 2. The number of rotatable bonds is 3. The van der Waals surface area contributed by atoms with Crippen LogP contribution in [-0.4, -0.2) is 10.7 Å². The van der Waals surface area contributed by atoms with Gasteiger partial charge in [-0.05, 0) is 18.2 Å². The predicted octanol–water partition coefficient (Wildman–Crippen LogP) is 1.40. The van der Waals surface area contributed by atoms with Crippen molar-refractivity contribution < 1.29 is 4.39 Å². The average molecular weight is 222 g/mol. The molecule has 3 N–H and O–H groups in total. The van der Waals surface area contributed by atoms with Crippen molar-refractivity contribution in [1.29, 1.82) is 5.26 Å². The van der Waals surface area contributed by atoms with Crippen molar-refractivity contribution >= 4 is 28.6 Å². The van der Waals surface area contributed by atoms with E-state index in [-0.39, 0.29) is 10.7 Å². The summed E-state index contributed by atoms with van der Waals surface area (Å²) in [5, 5.41) is 12.2. The van der Waals surface area contributed by atoms with Crippen molar-refractivity contribution in [3.63, 3.8) is 0 Å². The highest BCUT2D eigenvalue weighted by Gasteiger charge is 2.00. The Morgan fingerprint density at radius 1 is 1.60 bits per heavy atom. The van der Waals surface area contributed by atoms with Gasteiger partial charge in [0, 0.05) is 0 Å². The molecule has 0 spiro atoms. The van der Waals surface area contributed by atoms with Crippen LogP contribution in [0.15, 0.2) is 29.4 Å². The minimum Gasteiger partial charge on any atom is -0.387 e. The van der Waals surface area contributed by atoms with E-state index in [0.29, 0.717) is 5.69 Å². The van der Waals surface area contributed by atoms with Gasteiger partial charge in [-0.3, -0.25) is 5.43 Å². The topological polar surface area (TPSA) is 74.2 Å². The first-order valence-electron chi connectivity index (χ1n) is 3.92. The quantitative estimate of drug-likeness (QED) is 0.460. The Morgan fingerprint density at radius 3 is 2.87 bits per heavy atom. The van der Waals surface area contributed by atoms with Crippen LogP contribution in [0.2, 0.25) is 0 Å². The number of hydrogen-bond acceptors (Lipinski definition) is 4. The van der Waals surface area contributed by atoms with Gasteiger partial charge in [-0.25, -0.2) is 4.39 Å². The Hall–Kier alpha value is -2.00. The van der Waals surface area contributed by atoms with Gasteiger partial charge in [-0.15, -0.1) is 0 Å². The molecule has 0 radical (unpaired) electrons. The molecule has 0 saturated heterocycles. The highest BCUT2D eigenvalue weighted by molar-refractivity contribution is 7.82. The molecule has 0 fully saturated rings. The third-order valence-electron chi connectivity index (χ3n) is 1.46. The summed E-state index contributed by atoms with van der Waals surface area (Å²) < 4.78 is 12.7. The third-order valence-corrected chi connectivity index (χ3v) is 1.65. The first kappa shape index (κ1) is 11.1. The van der Waals surface area contributed by atoms with Gasteiger partial charge in [0.25, 0.3) is 0 Å². The zero-order chi connectivity index (χ0) is 11.3. The van der Waals surface area contributed by atoms with Crippen LogP contribution in [0.4, 0.5) is 10.1 Å². The van der Waals surface area contributed by atoms with Crippen molar-refractivity contribution in [2.75, 3.05) is 5.43 Å². The van der Waals surface area contributed by atoms with E-state index in [0.717, 1.165) is 0 Å². The van der Waals surface area contributed by atoms with Crippen LogP contribution in [0.5, 0.6) is 0 Å². The van der Waals surface area contributed by atoms with Gasteiger partial charge in [-0.1, -0.05) is 18.3 Å². The fraction of sp³-hybridized carbons (Fsp3) is 0. The summed E-state index contributed by atoms with van der Waals surface area (Å²) in [6.07, 6.45) is 0. The number of nitrogens with zero attached hydrogens (tertiary/aromatic N) is 2. The molecule has 0 aliphatic carbocycles. The molecule has 0 aromatic heterocycles. The molecular weight excluding hydrogens is 215 g/mol. The number of anilines is 1. The zero-order valence-electron chi connectivity index (χ0n) is 7.57. The summed E-state index contributed by atoms with van der Waals surface area (Å²) >= 11 is 4.57. The summed E-state index contributed by atoms with van der Waals surface area (Å²) in [5.41, 5.74) is 7.99. The number of halogens is 1. The maximum atomic E-state index is 12.7. The van der Waals surface area contributed by atoms with Crippen molar-refractivity contribution in [3.05, 3.63) is 30.1 Å². The van der Waals surface area contributed by atoms with Crippen LogP contribution in [-0.2, 0) is 0 Å². The van der Waals surface area contributed by atoms with Crippen molar-refractivity contribution in [2.24, 2.45) is 10.8 Å². The minimum absolute atomic E-state index is 0.103. The maximum absolute atomic E-state index is 12.7. The molecule has 0 aliphatic rings. The third kappa shape index (κ3) is 3.32. The molecule has 1 rings (SSSR count). The second-order valence-electron chi connectivity index (χ2n) is 2.56. The Bertz CT molecular complexity index is 450. The van der Waals surface area contributed by atoms with E-state index in [1.54, 1.807) is 12.1 Å². The normalized spacial score (nSPS) is 10.5. The lowest BCUT2D eigenvalue weighted by atomic mass is 10.3. The Kier molecular flexibility index (Phi) is 3.71. The standard InChI is InChI=1S/C9H7FN4S/c10-6-2-1-3-7(4-6)13-14-8(5-11)9(12)15/h1-4,13H,(H2,12,15). The molecule has 0 unspecified atom stereocenters. The number of thiocarbonyl (C=S) groups is 1. The van der Waals surface area contributed by atoms with Gasteiger partial charge in [-0.2, -0.15) is 10.4 Å². The minimum atomic E-state index is -0.399. The molecule has 0 aliphatic heterocycles. The lowest BCUT2D eigenvalue weighted by molar-refractivity contribution is 0.628. The zero-order valence-corrected chi connectivity index (χ0v) is 8.38. The fourth-order valence-corrected chi connectivity index (χ4v) is 0.905. The summed E-state index contributed by atoms with van der Waals surface area (Å²) in [6, 6.07) is 7.36. The average Bonchev–Trinajstić information content (AvgIpc) is 2.18. The second kappa shape index (κ2) is 5.02. The summed E-state index contributed by atoms with van der Waals surface area (Å²) in [5.74, 6) is -0.399. The van der Waals surface area contributed by atoms with Crippen LogP contribution in [0, 0.1) is 17.1 Å². The Morgan fingerprint density at radius 2 is 2.33 bits per heavy atom. The molecule has 0 heterocycles. The molecule has 1 aromatic rings. The molecule has 1 aromatic carbocycles. The summed E-state index contributed by atoms with van der Waals surface area (Å²) in [4.78, 5) is -0.110. The van der Waals surface area contributed by atoms with Gasteiger partial charge in [0.2, 0.25) is 0 Å². The highest BCUT2D eigenvalue weighted by Crippen LogP contribution is 2.08. The van der Waals surface area contributed by atoms with E-state index < -0.39 is 5.82 Å². The molecule has 0 amide bonds. The molecular formula is C9H7FN4S. The largest absolute Gasteiger partial charge is 0.387 e. The van der Waals surface area contributed by atoms with Crippen LogP contribution < -0.4 is 11.2 Å². The number of nitriles is 1. The molecule has 15 heavy (non-hydrogen) atoms. The lowest BCUT2D eigenvalue weighted by Crippen LogP contribution is -2.20. The Balaban J connectivity index is 2.80. The molecule has 0 bridgehead atoms. The van der Waals surface area contributed by atoms with Gasteiger partial charge in [0.05, 0.1) is 5.69 Å². The van der Waals surface area contributed by atoms with E-state index in [1.165, 1.54) is 18.2 Å². The Labute approximate surface area is 91.2 Å². The summed E-state index contributed by atoms with van der Waals surface area (Å²) in [7, 11) is 0. The molecule has 0 saturated carbocycles. The smallest absolute Gasteiger partial charge is 0.194 e. The maximum Gasteiger partial charge on any atom is 0.194 e. The summed E-state index contributed by atoms with van der Waals surface area (Å²) in [6.45, 7) is 0. The number of benzene rings is 1. The van der Waals surface area contributed by atoms with Crippen molar-refractivity contribution in [2.45, 2.75) is 0 Å². The monoisotopic (exact) mass is 222 g/mol. The predicted molar refractivity (Wildman–Crippen MR) is 59.9 cm³/mol. The molecule has 6 heteroatoms. The number of nitrogens with one attached hydrogen (secondary N) is 1. The first-order chi connectivity index (χ1) is 7.13. The van der Waals surface area contributed by atoms with Crippen molar-refractivity contribution in [3.8, 4) is 6.07 Å². The fourth-order valence-electron chi connectivity index (χ4n) is 0.814. The van der Waals surface area contributed by atoms with Gasteiger partial charge in [0.15, 0.2) is 5.71 Å². The van der Waals surface area contributed by atoms with Crippen LogP contribution >= 0.6 is 12.2 Å². The van der Waals surface area contributed by atoms with Gasteiger partial charge in [0.1, 0.15) is 16.9 Å². The SMILES string of the molecule is N#CC(=NNc1cccc(F)c1)C(N)=S. The van der Waals surface area contributed by atoms with E-state index >= 15 is 0 Å². The first-order valence-corrected chi connectivity index (χ1v) is 4.33. The highest BCUT2D eigenvalue weighted by atomic mass is 32.1. The van der Waals surface area contributed by atoms with Crippen molar-refractivity contribution in [1.82, 2.24) is 0 Å². The number of hydrazone groups is 1.